The van der Waals surface area contributed by atoms with E-state index in [1.807, 2.05) is 7.05 Å². The number of nitrogens with zero attached hydrogens (tertiary/aromatic N) is 1. The summed E-state index contributed by atoms with van der Waals surface area (Å²) in [5.41, 5.74) is 0. The largest absolute Gasteiger partial charge is 0.394 e. The Morgan fingerprint density at radius 2 is 0.655 bits per heavy atom. The van der Waals surface area contributed by atoms with E-state index >= 15 is 0 Å². The molecule has 10 nitrogen and oxygen atoms in total. The molecule has 2 N–H and O–H groups in total. The molecule has 0 atom stereocenters. The fourth-order valence-corrected chi connectivity index (χ4v) is 1.99. The zero-order valence-electron chi connectivity index (χ0n) is 17.9. The third-order valence-electron chi connectivity index (χ3n) is 3.57. The summed E-state index contributed by atoms with van der Waals surface area (Å²) in [6, 6.07) is 0. The van der Waals surface area contributed by atoms with Crippen molar-refractivity contribution in [2.24, 2.45) is 0 Å². The van der Waals surface area contributed by atoms with Gasteiger partial charge in [0.05, 0.1) is 106 Å². The second-order valence-corrected chi connectivity index (χ2v) is 6.04. The predicted octanol–water partition coefficient (Wildman–Crippen LogP) is -0.981. The van der Waals surface area contributed by atoms with Gasteiger partial charge in [0, 0.05) is 13.1 Å². The SMILES string of the molecule is CN(CCOCCOCCO)CCOCCOCCOCCOCCOCCO. The van der Waals surface area contributed by atoms with Crippen LogP contribution in [0.25, 0.3) is 0 Å². The van der Waals surface area contributed by atoms with Gasteiger partial charge in [-0.25, -0.2) is 0 Å². The summed E-state index contributed by atoms with van der Waals surface area (Å²) in [7, 11) is 2.02. The van der Waals surface area contributed by atoms with E-state index in [-0.39, 0.29) is 13.2 Å². The van der Waals surface area contributed by atoms with Gasteiger partial charge < -0.3 is 48.3 Å². The molecule has 0 aromatic heterocycles. The maximum atomic E-state index is 8.57. The molecule has 10 heteroatoms. The van der Waals surface area contributed by atoms with E-state index in [1.165, 1.54) is 0 Å². The first-order valence-electron chi connectivity index (χ1n) is 10.3. The van der Waals surface area contributed by atoms with Crippen LogP contribution in [0.5, 0.6) is 0 Å². The van der Waals surface area contributed by atoms with Crippen LogP contribution in [0.15, 0.2) is 0 Å². The summed E-state index contributed by atoms with van der Waals surface area (Å²) < 4.78 is 37.3. The average Bonchev–Trinajstić information content (AvgIpc) is 2.72. The lowest BCUT2D eigenvalue weighted by molar-refractivity contribution is -0.0144. The van der Waals surface area contributed by atoms with Crippen LogP contribution in [0.4, 0.5) is 0 Å². The predicted molar refractivity (Wildman–Crippen MR) is 107 cm³/mol. The fraction of sp³-hybridized carbons (Fsp3) is 1.00. The molecule has 0 rings (SSSR count). The summed E-state index contributed by atoms with van der Waals surface area (Å²) in [4.78, 5) is 2.14. The lowest BCUT2D eigenvalue weighted by Gasteiger charge is -2.16. The molecule has 29 heavy (non-hydrogen) atoms. The van der Waals surface area contributed by atoms with E-state index in [2.05, 4.69) is 4.90 Å². The number of hydrogen-bond donors (Lipinski definition) is 2. The first-order chi connectivity index (χ1) is 14.3. The maximum absolute atomic E-state index is 8.57. The van der Waals surface area contributed by atoms with Crippen molar-refractivity contribution in [2.75, 3.05) is 126 Å². The second kappa shape index (κ2) is 25.6. The molecule has 0 aromatic rings. The van der Waals surface area contributed by atoms with Crippen molar-refractivity contribution >= 4 is 0 Å². The van der Waals surface area contributed by atoms with Crippen molar-refractivity contribution in [2.45, 2.75) is 0 Å². The van der Waals surface area contributed by atoms with Crippen LogP contribution >= 0.6 is 0 Å². The summed E-state index contributed by atoms with van der Waals surface area (Å²) in [5.74, 6) is 0. The molecule has 176 valence electrons. The molecular formula is C19H41NO9. The second-order valence-electron chi connectivity index (χ2n) is 6.04. The van der Waals surface area contributed by atoms with E-state index in [0.717, 1.165) is 13.1 Å². The monoisotopic (exact) mass is 427 g/mol. The number of aliphatic hydroxyl groups is 2. The molecule has 0 aliphatic rings. The summed E-state index contributed by atoms with van der Waals surface area (Å²) in [6.45, 7) is 8.95. The van der Waals surface area contributed by atoms with E-state index < -0.39 is 0 Å². The average molecular weight is 428 g/mol. The molecule has 0 aromatic carbocycles. The molecule has 0 saturated heterocycles. The first kappa shape index (κ1) is 28.6. The number of ether oxygens (including phenoxy) is 7. The quantitative estimate of drug-likeness (QED) is 0.177. The van der Waals surface area contributed by atoms with E-state index in [4.69, 9.17) is 43.4 Å². The highest BCUT2D eigenvalue weighted by molar-refractivity contribution is 4.49. The number of rotatable bonds is 25. The van der Waals surface area contributed by atoms with Crippen LogP contribution < -0.4 is 0 Å². The summed E-state index contributed by atoms with van der Waals surface area (Å²) >= 11 is 0. The zero-order valence-corrected chi connectivity index (χ0v) is 17.9. The Balaban J connectivity index is 3.10. The minimum absolute atomic E-state index is 0.0326. The molecule has 0 unspecified atom stereocenters. The molecular weight excluding hydrogens is 386 g/mol. The van der Waals surface area contributed by atoms with Crippen molar-refractivity contribution in [3.8, 4) is 0 Å². The van der Waals surface area contributed by atoms with Crippen LogP contribution in [0.1, 0.15) is 0 Å². The van der Waals surface area contributed by atoms with Crippen LogP contribution in [-0.2, 0) is 33.2 Å². The standard InChI is InChI=1S/C19H41NO9/c1-20(2-6-23-10-12-25-8-4-21)3-7-24-11-14-27-16-18-29-19-17-28-15-13-26-9-5-22/h21-22H,2-19H2,1H3. The minimum atomic E-state index is 0.0326. The Kier molecular flexibility index (Phi) is 25.3. The Labute approximate surface area is 174 Å². The van der Waals surface area contributed by atoms with Crippen molar-refractivity contribution in [3.63, 3.8) is 0 Å². The van der Waals surface area contributed by atoms with E-state index in [9.17, 15) is 0 Å². The number of aliphatic hydroxyl groups excluding tert-OH is 2. The minimum Gasteiger partial charge on any atom is -0.394 e. The van der Waals surface area contributed by atoms with Gasteiger partial charge in [0.25, 0.3) is 0 Å². The highest BCUT2D eigenvalue weighted by Gasteiger charge is 1.99. The van der Waals surface area contributed by atoms with Crippen molar-refractivity contribution in [1.29, 1.82) is 0 Å². The highest BCUT2D eigenvalue weighted by Crippen LogP contribution is 1.87. The Hall–Kier alpha value is -0.400. The van der Waals surface area contributed by atoms with Gasteiger partial charge in [-0.2, -0.15) is 0 Å². The molecule has 0 heterocycles. The fourth-order valence-electron chi connectivity index (χ4n) is 1.99. The molecule has 0 fully saturated rings. The van der Waals surface area contributed by atoms with Crippen LogP contribution in [0.3, 0.4) is 0 Å². The van der Waals surface area contributed by atoms with Gasteiger partial charge in [0.2, 0.25) is 0 Å². The maximum Gasteiger partial charge on any atom is 0.0701 e. The van der Waals surface area contributed by atoms with Gasteiger partial charge in [-0.15, -0.1) is 0 Å². The molecule has 0 spiro atoms. The third-order valence-corrected chi connectivity index (χ3v) is 3.57. The van der Waals surface area contributed by atoms with Gasteiger partial charge in [-0.1, -0.05) is 0 Å². The highest BCUT2D eigenvalue weighted by atomic mass is 16.6. The third kappa shape index (κ3) is 25.6. The summed E-state index contributed by atoms with van der Waals surface area (Å²) in [6.07, 6.45) is 0. The lowest BCUT2D eigenvalue weighted by atomic mass is 10.5. The molecule has 0 aliphatic carbocycles. The smallest absolute Gasteiger partial charge is 0.0701 e. The number of likely N-dealkylation sites (N-methyl/N-ethyl adjacent to an activating group) is 1. The van der Waals surface area contributed by atoms with Gasteiger partial charge >= 0.3 is 0 Å². The van der Waals surface area contributed by atoms with Gasteiger partial charge in [-0.05, 0) is 7.05 Å². The van der Waals surface area contributed by atoms with Crippen molar-refractivity contribution < 1.29 is 43.4 Å². The zero-order chi connectivity index (χ0) is 21.3. The van der Waals surface area contributed by atoms with Crippen molar-refractivity contribution in [3.05, 3.63) is 0 Å². The molecule has 0 aliphatic heterocycles. The topological polar surface area (TPSA) is 108 Å². The Morgan fingerprint density at radius 3 is 0.931 bits per heavy atom. The van der Waals surface area contributed by atoms with Gasteiger partial charge in [-0.3, -0.25) is 0 Å². The van der Waals surface area contributed by atoms with E-state index in [0.29, 0.717) is 92.5 Å². The van der Waals surface area contributed by atoms with Crippen LogP contribution in [-0.4, -0.2) is 141 Å². The van der Waals surface area contributed by atoms with E-state index in [1.54, 1.807) is 0 Å². The van der Waals surface area contributed by atoms with Gasteiger partial charge in [0.1, 0.15) is 0 Å². The first-order valence-corrected chi connectivity index (χ1v) is 10.3. The van der Waals surface area contributed by atoms with Crippen LogP contribution in [0.2, 0.25) is 0 Å². The molecule has 0 bridgehead atoms. The van der Waals surface area contributed by atoms with Crippen LogP contribution in [0, 0.1) is 0 Å². The Morgan fingerprint density at radius 1 is 0.414 bits per heavy atom. The Bertz CT molecular complexity index is 301. The molecule has 0 amide bonds. The van der Waals surface area contributed by atoms with Gasteiger partial charge in [0.15, 0.2) is 0 Å². The summed E-state index contributed by atoms with van der Waals surface area (Å²) in [5, 5.41) is 17.1. The number of hydrogen-bond acceptors (Lipinski definition) is 10. The normalized spacial score (nSPS) is 11.6. The lowest BCUT2D eigenvalue weighted by Crippen LogP contribution is -2.28. The van der Waals surface area contributed by atoms with Crippen molar-refractivity contribution in [1.82, 2.24) is 4.90 Å². The molecule has 0 saturated carbocycles. The molecule has 0 radical (unpaired) electrons.